The summed E-state index contributed by atoms with van der Waals surface area (Å²) >= 11 is 6.08. The van der Waals surface area contributed by atoms with Crippen LogP contribution in [0.1, 0.15) is 56.9 Å². The predicted molar refractivity (Wildman–Crippen MR) is 106 cm³/mol. The number of hydrogen-bond acceptors (Lipinski definition) is 1. The van der Waals surface area contributed by atoms with Gasteiger partial charge in [0.1, 0.15) is 0 Å². The van der Waals surface area contributed by atoms with Gasteiger partial charge in [-0.1, -0.05) is 41.4 Å². The summed E-state index contributed by atoms with van der Waals surface area (Å²) in [6.07, 6.45) is 0. The van der Waals surface area contributed by atoms with Gasteiger partial charge in [-0.05, 0) is 87.6 Å². The molecule has 0 spiro atoms. The second kappa shape index (κ2) is 7.55. The van der Waals surface area contributed by atoms with Gasteiger partial charge in [-0.2, -0.15) is 0 Å². The lowest BCUT2D eigenvalue weighted by atomic mass is 9.88. The zero-order chi connectivity index (χ0) is 17.9. The molecule has 1 nitrogen and oxygen atoms in total. The molecule has 1 N–H and O–H groups in total. The van der Waals surface area contributed by atoms with Crippen LogP contribution in [0.2, 0.25) is 5.02 Å². The quantitative estimate of drug-likeness (QED) is 0.655. The van der Waals surface area contributed by atoms with E-state index in [2.05, 4.69) is 71.1 Å². The molecule has 0 aromatic heterocycles. The van der Waals surface area contributed by atoms with Gasteiger partial charge in [0, 0.05) is 17.1 Å². The minimum Gasteiger partial charge on any atom is -0.304 e. The first-order chi connectivity index (χ1) is 11.2. The van der Waals surface area contributed by atoms with Crippen LogP contribution in [0, 0.1) is 6.92 Å². The van der Waals surface area contributed by atoms with E-state index in [1.54, 1.807) is 0 Å². The highest BCUT2D eigenvalue weighted by Crippen LogP contribution is 2.28. The molecule has 0 atom stereocenters. The van der Waals surface area contributed by atoms with Crippen LogP contribution >= 0.6 is 11.6 Å². The standard InChI is InChI=1S/C22H28ClN/c1-15(2)17(4)21-13-19(11-10-16(21)3)22(5,6)24-14-18-8-7-9-20(23)12-18/h7-13,24H,14H2,1-6H3. The van der Waals surface area contributed by atoms with E-state index in [4.69, 9.17) is 11.6 Å². The molecule has 2 aromatic carbocycles. The second-order valence-corrected chi connectivity index (χ2v) is 7.70. The molecule has 0 radical (unpaired) electrons. The van der Waals surface area contributed by atoms with Gasteiger partial charge in [-0.3, -0.25) is 0 Å². The number of hydrogen-bond donors (Lipinski definition) is 1. The van der Waals surface area contributed by atoms with Crippen LogP contribution in [0.25, 0.3) is 5.57 Å². The van der Waals surface area contributed by atoms with Gasteiger partial charge in [0.05, 0.1) is 0 Å². The van der Waals surface area contributed by atoms with E-state index in [0.717, 1.165) is 11.6 Å². The Morgan fingerprint density at radius 2 is 1.75 bits per heavy atom. The Hall–Kier alpha value is -1.57. The van der Waals surface area contributed by atoms with Crippen LogP contribution < -0.4 is 5.32 Å². The summed E-state index contributed by atoms with van der Waals surface area (Å²) in [4.78, 5) is 0. The first-order valence-electron chi connectivity index (χ1n) is 8.46. The summed E-state index contributed by atoms with van der Waals surface area (Å²) in [5.41, 5.74) is 7.76. The van der Waals surface area contributed by atoms with Crippen molar-refractivity contribution < 1.29 is 0 Å². The third-order valence-electron chi connectivity index (χ3n) is 4.74. The first-order valence-corrected chi connectivity index (χ1v) is 8.83. The highest BCUT2D eigenvalue weighted by Gasteiger charge is 2.21. The fraction of sp³-hybridized carbons (Fsp3) is 0.364. The van der Waals surface area contributed by atoms with E-state index in [-0.39, 0.29) is 5.54 Å². The predicted octanol–water partition coefficient (Wildman–Crippen LogP) is 6.49. The molecular weight excluding hydrogens is 314 g/mol. The normalized spacial score (nSPS) is 11.5. The molecule has 2 heteroatoms. The summed E-state index contributed by atoms with van der Waals surface area (Å²) < 4.78 is 0. The number of halogens is 1. The van der Waals surface area contributed by atoms with Gasteiger partial charge in [-0.25, -0.2) is 0 Å². The largest absolute Gasteiger partial charge is 0.304 e. The Morgan fingerprint density at radius 1 is 1.04 bits per heavy atom. The van der Waals surface area contributed by atoms with Crippen LogP contribution in [-0.2, 0) is 12.1 Å². The number of rotatable bonds is 5. The molecular formula is C22H28ClN. The van der Waals surface area contributed by atoms with Crippen LogP contribution in [0.5, 0.6) is 0 Å². The van der Waals surface area contributed by atoms with Crippen molar-refractivity contribution in [3.63, 3.8) is 0 Å². The summed E-state index contributed by atoms with van der Waals surface area (Å²) in [6.45, 7) is 14.0. The SMILES string of the molecule is CC(C)=C(C)c1cc(C(C)(C)NCc2cccc(Cl)c2)ccc1C. The molecule has 2 aromatic rings. The second-order valence-electron chi connectivity index (χ2n) is 7.26. The Kier molecular flexibility index (Phi) is 5.90. The minimum absolute atomic E-state index is 0.118. The maximum Gasteiger partial charge on any atom is 0.0409 e. The number of benzene rings is 2. The van der Waals surface area contributed by atoms with Gasteiger partial charge < -0.3 is 5.32 Å². The van der Waals surface area contributed by atoms with Crippen LogP contribution in [-0.4, -0.2) is 0 Å². The molecule has 0 saturated heterocycles. The van der Waals surface area contributed by atoms with E-state index in [1.165, 1.54) is 33.4 Å². The molecule has 0 aliphatic carbocycles. The number of aryl methyl sites for hydroxylation is 1. The van der Waals surface area contributed by atoms with Gasteiger partial charge in [-0.15, -0.1) is 0 Å². The highest BCUT2D eigenvalue weighted by atomic mass is 35.5. The average Bonchev–Trinajstić information content (AvgIpc) is 2.52. The van der Waals surface area contributed by atoms with Crippen molar-refractivity contribution in [1.29, 1.82) is 0 Å². The molecule has 0 saturated carbocycles. The molecule has 128 valence electrons. The summed E-state index contributed by atoms with van der Waals surface area (Å²) in [6, 6.07) is 14.8. The van der Waals surface area contributed by atoms with Crippen molar-refractivity contribution in [3.05, 3.63) is 75.3 Å². The molecule has 0 amide bonds. The number of nitrogens with one attached hydrogen (secondary N) is 1. The molecule has 0 heterocycles. The monoisotopic (exact) mass is 341 g/mol. The van der Waals surface area contributed by atoms with Crippen LogP contribution in [0.3, 0.4) is 0 Å². The van der Waals surface area contributed by atoms with Gasteiger partial charge in [0.15, 0.2) is 0 Å². The van der Waals surface area contributed by atoms with Crippen molar-refractivity contribution in [2.45, 2.75) is 53.6 Å². The van der Waals surface area contributed by atoms with Crippen LogP contribution in [0.15, 0.2) is 48.0 Å². The molecule has 0 unspecified atom stereocenters. The van der Waals surface area contributed by atoms with Crippen LogP contribution in [0.4, 0.5) is 0 Å². The van der Waals surface area contributed by atoms with Gasteiger partial charge in [0.25, 0.3) is 0 Å². The summed E-state index contributed by atoms with van der Waals surface area (Å²) in [5, 5.41) is 4.44. The first kappa shape index (κ1) is 18.8. The maximum absolute atomic E-state index is 6.08. The Bertz CT molecular complexity index is 752. The minimum atomic E-state index is -0.118. The van der Waals surface area contributed by atoms with Gasteiger partial charge in [0.2, 0.25) is 0 Å². The van der Waals surface area contributed by atoms with E-state index in [1.807, 2.05) is 18.2 Å². The summed E-state index contributed by atoms with van der Waals surface area (Å²) in [5.74, 6) is 0. The molecule has 0 aliphatic rings. The van der Waals surface area contributed by atoms with E-state index < -0.39 is 0 Å². The Morgan fingerprint density at radius 3 is 2.38 bits per heavy atom. The van der Waals surface area contributed by atoms with Crippen molar-refractivity contribution in [3.8, 4) is 0 Å². The molecule has 0 fully saturated rings. The van der Waals surface area contributed by atoms with Crippen molar-refractivity contribution in [1.82, 2.24) is 5.32 Å². The fourth-order valence-electron chi connectivity index (χ4n) is 2.76. The zero-order valence-corrected chi connectivity index (χ0v) is 16.4. The highest BCUT2D eigenvalue weighted by molar-refractivity contribution is 6.30. The molecule has 2 rings (SSSR count). The summed E-state index contributed by atoms with van der Waals surface area (Å²) in [7, 11) is 0. The van der Waals surface area contributed by atoms with Crippen molar-refractivity contribution in [2.75, 3.05) is 0 Å². The third-order valence-corrected chi connectivity index (χ3v) is 4.97. The fourth-order valence-corrected chi connectivity index (χ4v) is 2.97. The lowest BCUT2D eigenvalue weighted by Gasteiger charge is -2.28. The molecule has 24 heavy (non-hydrogen) atoms. The van der Waals surface area contributed by atoms with Gasteiger partial charge >= 0.3 is 0 Å². The Balaban J connectivity index is 2.26. The van der Waals surface area contributed by atoms with E-state index in [0.29, 0.717) is 0 Å². The van der Waals surface area contributed by atoms with Crippen molar-refractivity contribution in [2.24, 2.45) is 0 Å². The average molecular weight is 342 g/mol. The maximum atomic E-state index is 6.08. The third kappa shape index (κ3) is 4.49. The lowest BCUT2D eigenvalue weighted by Crippen LogP contribution is -2.36. The molecule has 0 bridgehead atoms. The van der Waals surface area contributed by atoms with E-state index in [9.17, 15) is 0 Å². The number of allylic oxidation sites excluding steroid dienone is 2. The topological polar surface area (TPSA) is 12.0 Å². The molecule has 0 aliphatic heterocycles. The van der Waals surface area contributed by atoms with E-state index >= 15 is 0 Å². The Labute approximate surface area is 151 Å². The zero-order valence-electron chi connectivity index (χ0n) is 15.6. The lowest BCUT2D eigenvalue weighted by molar-refractivity contribution is 0.401. The van der Waals surface area contributed by atoms with Crippen molar-refractivity contribution >= 4 is 17.2 Å². The smallest absolute Gasteiger partial charge is 0.0409 e.